The summed E-state index contributed by atoms with van der Waals surface area (Å²) in [6, 6.07) is 0. The summed E-state index contributed by atoms with van der Waals surface area (Å²) in [5.41, 5.74) is 0. The van der Waals surface area contributed by atoms with Gasteiger partial charge in [-0.25, -0.2) is 12.7 Å². The molecule has 1 aliphatic rings. The van der Waals surface area contributed by atoms with E-state index in [-0.39, 0.29) is 20.1 Å². The van der Waals surface area contributed by atoms with Gasteiger partial charge >= 0.3 is 0 Å². The van der Waals surface area contributed by atoms with Crippen molar-refractivity contribution in [1.29, 1.82) is 0 Å². The second-order valence-corrected chi connectivity index (χ2v) is 5.69. The first kappa shape index (κ1) is 20.3. The minimum atomic E-state index is -2.94. The Labute approximate surface area is 94.7 Å². The van der Waals surface area contributed by atoms with E-state index < -0.39 is 10.0 Å². The average molecular weight is 243 g/mol. The lowest BCUT2D eigenvalue weighted by Gasteiger charge is -2.17. The molecule has 0 N–H and O–H groups in total. The molecule has 0 aromatic rings. The van der Waals surface area contributed by atoms with Crippen LogP contribution in [-0.2, 0) is 10.0 Å². The van der Waals surface area contributed by atoms with Crippen LogP contribution in [0.5, 0.6) is 0 Å². The van der Waals surface area contributed by atoms with Crippen LogP contribution in [0.1, 0.15) is 41.5 Å². The molecule has 0 unspecified atom stereocenters. The highest BCUT2D eigenvalue weighted by Gasteiger charge is 2.27. The van der Waals surface area contributed by atoms with Crippen molar-refractivity contribution >= 4 is 10.0 Å². The quantitative estimate of drug-likeness (QED) is 0.747. The molecule has 1 heterocycles. The Hall–Kier alpha value is -0.160. The second-order valence-electron chi connectivity index (χ2n) is 3.20. The summed E-state index contributed by atoms with van der Waals surface area (Å²) in [7, 11) is -2.44. The Morgan fingerprint density at radius 2 is 1.40 bits per heavy atom. The fourth-order valence-electron chi connectivity index (χ4n) is 1.24. The summed E-state index contributed by atoms with van der Waals surface area (Å²) in [6.45, 7) is 4.91. The lowest BCUT2D eigenvalue weighted by Crippen LogP contribution is -2.33. The summed E-state index contributed by atoms with van der Waals surface area (Å²) in [6.07, 6.45) is 2.04. The van der Waals surface area contributed by atoms with E-state index in [1.807, 2.05) is 0 Å². The topological polar surface area (TPSA) is 37.4 Å². The SMILES string of the molecule is C.C.CC(C)S(=O)(=O)N1CCCC1.CF. The van der Waals surface area contributed by atoms with E-state index in [9.17, 15) is 12.8 Å². The van der Waals surface area contributed by atoms with Crippen LogP contribution in [0.2, 0.25) is 0 Å². The summed E-state index contributed by atoms with van der Waals surface area (Å²) < 4.78 is 34.0. The number of halogens is 1. The van der Waals surface area contributed by atoms with Crippen LogP contribution >= 0.6 is 0 Å². The summed E-state index contributed by atoms with van der Waals surface area (Å²) in [4.78, 5) is 0. The smallest absolute Gasteiger partial charge is 0.216 e. The van der Waals surface area contributed by atoms with Gasteiger partial charge in [0.25, 0.3) is 0 Å². The molecule has 3 nitrogen and oxygen atoms in total. The summed E-state index contributed by atoms with van der Waals surface area (Å²) >= 11 is 0. The van der Waals surface area contributed by atoms with E-state index in [1.54, 1.807) is 18.2 Å². The lowest BCUT2D eigenvalue weighted by atomic mass is 10.4. The van der Waals surface area contributed by atoms with E-state index in [2.05, 4.69) is 0 Å². The van der Waals surface area contributed by atoms with Crippen LogP contribution in [0, 0.1) is 0 Å². The first-order chi connectivity index (χ1) is 6.05. The van der Waals surface area contributed by atoms with E-state index in [1.165, 1.54) is 0 Å². The zero-order valence-corrected chi connectivity index (χ0v) is 9.27. The normalized spacial score (nSPS) is 16.1. The Balaban J connectivity index is -0.000000339. The number of rotatable bonds is 2. The van der Waals surface area contributed by atoms with Gasteiger partial charge in [-0.2, -0.15) is 0 Å². The molecule has 0 aromatic carbocycles. The molecule has 0 atom stereocenters. The van der Waals surface area contributed by atoms with Crippen molar-refractivity contribution in [3.8, 4) is 0 Å². The molecule has 1 saturated heterocycles. The van der Waals surface area contributed by atoms with Gasteiger partial charge in [-0.1, -0.05) is 14.9 Å². The predicted octanol–water partition coefficient (Wildman–Crippen LogP) is 2.68. The Kier molecular flexibility index (Phi) is 12.3. The number of hydrogen-bond acceptors (Lipinski definition) is 2. The molecule has 0 spiro atoms. The predicted molar refractivity (Wildman–Crippen MR) is 65.4 cm³/mol. The molecule has 0 aromatic heterocycles. The minimum Gasteiger partial charge on any atom is -0.255 e. The number of alkyl halides is 1. The maximum absolute atomic E-state index is 11.5. The zero-order valence-electron chi connectivity index (χ0n) is 8.46. The molecule has 0 aliphatic carbocycles. The molecule has 0 amide bonds. The minimum absolute atomic E-state index is 0. The highest BCUT2D eigenvalue weighted by molar-refractivity contribution is 7.89. The second kappa shape index (κ2) is 9.09. The molecule has 5 heteroatoms. The molecule has 15 heavy (non-hydrogen) atoms. The van der Waals surface area contributed by atoms with Gasteiger partial charge in [0.05, 0.1) is 12.4 Å². The molecule has 0 radical (unpaired) electrons. The van der Waals surface area contributed by atoms with Crippen molar-refractivity contribution in [2.24, 2.45) is 0 Å². The average Bonchev–Trinajstić information content (AvgIpc) is 2.60. The molecule has 96 valence electrons. The van der Waals surface area contributed by atoms with Crippen molar-refractivity contribution in [1.82, 2.24) is 4.31 Å². The maximum atomic E-state index is 11.5. The van der Waals surface area contributed by atoms with Crippen LogP contribution in [0.25, 0.3) is 0 Å². The van der Waals surface area contributed by atoms with E-state index >= 15 is 0 Å². The Morgan fingerprint density at radius 1 is 1.07 bits per heavy atom. The molecular formula is C10H26FNO2S. The Bertz CT molecular complexity index is 222. The fraction of sp³-hybridized carbons (Fsp3) is 1.00. The monoisotopic (exact) mass is 243 g/mol. The number of hydrogen-bond donors (Lipinski definition) is 0. The van der Waals surface area contributed by atoms with Crippen molar-refractivity contribution < 1.29 is 12.8 Å². The number of sulfonamides is 1. The van der Waals surface area contributed by atoms with Crippen LogP contribution in [0.3, 0.4) is 0 Å². The van der Waals surface area contributed by atoms with Crippen molar-refractivity contribution in [3.63, 3.8) is 0 Å². The van der Waals surface area contributed by atoms with Crippen LogP contribution in [0.15, 0.2) is 0 Å². The highest BCUT2D eigenvalue weighted by atomic mass is 32.2. The molecular weight excluding hydrogens is 217 g/mol. The molecule has 0 saturated carbocycles. The van der Waals surface area contributed by atoms with Crippen LogP contribution in [-0.4, -0.2) is 38.2 Å². The maximum Gasteiger partial charge on any atom is 0.216 e. The van der Waals surface area contributed by atoms with Crippen molar-refractivity contribution in [2.45, 2.75) is 46.8 Å². The standard InChI is InChI=1S/C7H15NO2S.CH3F.2CH4/c1-7(2)11(9,10)8-5-3-4-6-8;1-2;;/h7H,3-6H2,1-2H3;1H3;2*1H4. The Morgan fingerprint density at radius 3 is 1.67 bits per heavy atom. The van der Waals surface area contributed by atoms with E-state index in [4.69, 9.17) is 0 Å². The summed E-state index contributed by atoms with van der Waals surface area (Å²) in [5, 5.41) is -0.263. The summed E-state index contributed by atoms with van der Waals surface area (Å²) in [5.74, 6) is 0. The third-order valence-electron chi connectivity index (χ3n) is 2.02. The van der Waals surface area contributed by atoms with Gasteiger partial charge < -0.3 is 0 Å². The van der Waals surface area contributed by atoms with Gasteiger partial charge in [0.1, 0.15) is 0 Å². The van der Waals surface area contributed by atoms with Gasteiger partial charge in [-0.3, -0.25) is 4.39 Å². The van der Waals surface area contributed by atoms with Crippen LogP contribution < -0.4 is 0 Å². The largest absolute Gasteiger partial charge is 0.255 e. The fourth-order valence-corrected chi connectivity index (χ4v) is 2.60. The molecule has 1 fully saturated rings. The van der Waals surface area contributed by atoms with Crippen LogP contribution in [0.4, 0.5) is 4.39 Å². The van der Waals surface area contributed by atoms with Crippen molar-refractivity contribution in [3.05, 3.63) is 0 Å². The van der Waals surface area contributed by atoms with Crippen molar-refractivity contribution in [2.75, 3.05) is 20.3 Å². The lowest BCUT2D eigenvalue weighted by molar-refractivity contribution is 0.470. The molecule has 1 aliphatic heterocycles. The highest BCUT2D eigenvalue weighted by Crippen LogP contribution is 2.15. The van der Waals surface area contributed by atoms with E-state index in [0.717, 1.165) is 25.9 Å². The first-order valence-corrected chi connectivity index (χ1v) is 5.92. The zero-order chi connectivity index (χ0) is 10.5. The first-order valence-electron chi connectivity index (χ1n) is 4.42. The van der Waals surface area contributed by atoms with Gasteiger partial charge in [-0.05, 0) is 26.7 Å². The van der Waals surface area contributed by atoms with Gasteiger partial charge in [-0.15, -0.1) is 0 Å². The molecule has 1 rings (SSSR count). The van der Waals surface area contributed by atoms with E-state index in [0.29, 0.717) is 7.18 Å². The van der Waals surface area contributed by atoms with Gasteiger partial charge in [0.2, 0.25) is 10.0 Å². The third-order valence-corrected chi connectivity index (χ3v) is 4.30. The van der Waals surface area contributed by atoms with Gasteiger partial charge in [0.15, 0.2) is 0 Å². The van der Waals surface area contributed by atoms with Gasteiger partial charge in [0, 0.05) is 13.1 Å². The number of nitrogens with zero attached hydrogens (tertiary/aromatic N) is 1. The molecule has 0 bridgehead atoms. The third kappa shape index (κ3) is 5.47.